The third-order valence-electron chi connectivity index (χ3n) is 1.07. The standard InChI is InChI=1S/C6H13F2N/c1-4(2)3-5(9)6(7)8/h4-6H,3,9H2,1-2H3/t5-/m0/s1. The fourth-order valence-corrected chi connectivity index (χ4v) is 0.647. The average molecular weight is 137 g/mol. The SMILES string of the molecule is CC(C)C[C@H](N)C(F)F. The van der Waals surface area contributed by atoms with Gasteiger partial charge >= 0.3 is 0 Å². The number of alkyl halides is 2. The summed E-state index contributed by atoms with van der Waals surface area (Å²) in [7, 11) is 0. The van der Waals surface area contributed by atoms with E-state index in [1.807, 2.05) is 13.8 Å². The normalized spacial score (nSPS) is 15.0. The van der Waals surface area contributed by atoms with Gasteiger partial charge < -0.3 is 5.73 Å². The Balaban J connectivity index is 3.38. The van der Waals surface area contributed by atoms with Gasteiger partial charge in [-0.25, -0.2) is 8.78 Å². The van der Waals surface area contributed by atoms with Crippen LogP contribution in [0.4, 0.5) is 8.78 Å². The summed E-state index contributed by atoms with van der Waals surface area (Å²) in [4.78, 5) is 0. The van der Waals surface area contributed by atoms with Crippen molar-refractivity contribution in [1.82, 2.24) is 0 Å². The fourth-order valence-electron chi connectivity index (χ4n) is 0.647. The summed E-state index contributed by atoms with van der Waals surface area (Å²) >= 11 is 0. The fraction of sp³-hybridized carbons (Fsp3) is 1.00. The van der Waals surface area contributed by atoms with Crippen molar-refractivity contribution >= 4 is 0 Å². The van der Waals surface area contributed by atoms with Gasteiger partial charge in [0.15, 0.2) is 0 Å². The Morgan fingerprint density at radius 2 is 1.78 bits per heavy atom. The second-order valence-corrected chi connectivity index (χ2v) is 2.63. The van der Waals surface area contributed by atoms with Crippen LogP contribution in [0.25, 0.3) is 0 Å². The molecule has 0 aliphatic rings. The maximum absolute atomic E-state index is 11.7. The van der Waals surface area contributed by atoms with E-state index in [9.17, 15) is 8.78 Å². The van der Waals surface area contributed by atoms with Gasteiger partial charge in [-0.3, -0.25) is 0 Å². The van der Waals surface area contributed by atoms with Crippen LogP contribution in [0.15, 0.2) is 0 Å². The molecule has 0 heterocycles. The van der Waals surface area contributed by atoms with E-state index in [4.69, 9.17) is 5.73 Å². The topological polar surface area (TPSA) is 26.0 Å². The molecule has 0 saturated carbocycles. The number of hydrogen-bond acceptors (Lipinski definition) is 1. The van der Waals surface area contributed by atoms with Crippen LogP contribution in [0, 0.1) is 5.92 Å². The monoisotopic (exact) mass is 137 g/mol. The summed E-state index contributed by atoms with van der Waals surface area (Å²) in [5.41, 5.74) is 5.07. The van der Waals surface area contributed by atoms with Gasteiger partial charge in [-0.2, -0.15) is 0 Å². The van der Waals surface area contributed by atoms with Crippen molar-refractivity contribution in [2.24, 2.45) is 11.7 Å². The lowest BCUT2D eigenvalue weighted by atomic mass is 10.1. The zero-order chi connectivity index (χ0) is 7.44. The molecule has 0 aromatic rings. The summed E-state index contributed by atoms with van der Waals surface area (Å²) in [5, 5.41) is 0. The molecule has 1 nitrogen and oxygen atoms in total. The third-order valence-corrected chi connectivity index (χ3v) is 1.07. The quantitative estimate of drug-likeness (QED) is 0.628. The number of hydrogen-bond donors (Lipinski definition) is 1. The van der Waals surface area contributed by atoms with Crippen molar-refractivity contribution in [2.75, 3.05) is 0 Å². The van der Waals surface area contributed by atoms with Crippen molar-refractivity contribution in [2.45, 2.75) is 32.7 Å². The smallest absolute Gasteiger partial charge is 0.253 e. The predicted octanol–water partition coefficient (Wildman–Crippen LogP) is 1.62. The van der Waals surface area contributed by atoms with Crippen LogP contribution < -0.4 is 5.73 Å². The van der Waals surface area contributed by atoms with Crippen LogP contribution in [0.2, 0.25) is 0 Å². The average Bonchev–Trinajstić information content (AvgIpc) is 1.63. The highest BCUT2D eigenvalue weighted by molar-refractivity contribution is 4.64. The molecule has 0 amide bonds. The molecule has 0 unspecified atom stereocenters. The maximum atomic E-state index is 11.7. The van der Waals surface area contributed by atoms with Crippen LogP contribution in [-0.2, 0) is 0 Å². The third kappa shape index (κ3) is 4.33. The molecule has 0 bridgehead atoms. The Morgan fingerprint density at radius 3 is 1.89 bits per heavy atom. The molecule has 0 aromatic carbocycles. The van der Waals surface area contributed by atoms with Crippen molar-refractivity contribution < 1.29 is 8.78 Å². The van der Waals surface area contributed by atoms with E-state index < -0.39 is 12.5 Å². The van der Waals surface area contributed by atoms with Gasteiger partial charge in [0.1, 0.15) is 0 Å². The van der Waals surface area contributed by atoms with Gasteiger partial charge in [-0.1, -0.05) is 13.8 Å². The first-order chi connectivity index (χ1) is 4.04. The molecule has 2 N–H and O–H groups in total. The molecule has 9 heavy (non-hydrogen) atoms. The van der Waals surface area contributed by atoms with E-state index in [-0.39, 0.29) is 5.92 Å². The minimum absolute atomic E-state index is 0.258. The molecular weight excluding hydrogens is 124 g/mol. The van der Waals surface area contributed by atoms with E-state index >= 15 is 0 Å². The van der Waals surface area contributed by atoms with E-state index in [2.05, 4.69) is 0 Å². The lowest BCUT2D eigenvalue weighted by Crippen LogP contribution is -2.29. The number of rotatable bonds is 3. The molecule has 0 fully saturated rings. The van der Waals surface area contributed by atoms with Crippen molar-refractivity contribution in [3.05, 3.63) is 0 Å². The van der Waals surface area contributed by atoms with E-state index in [1.165, 1.54) is 0 Å². The minimum Gasteiger partial charge on any atom is -0.323 e. The number of nitrogens with two attached hydrogens (primary N) is 1. The van der Waals surface area contributed by atoms with Crippen molar-refractivity contribution in [3.63, 3.8) is 0 Å². The van der Waals surface area contributed by atoms with Crippen molar-refractivity contribution in [1.29, 1.82) is 0 Å². The second-order valence-electron chi connectivity index (χ2n) is 2.63. The Morgan fingerprint density at radius 1 is 1.33 bits per heavy atom. The Kier molecular flexibility index (Phi) is 3.70. The van der Waals surface area contributed by atoms with Gasteiger partial charge in [-0.05, 0) is 12.3 Å². The molecule has 1 atom stereocenters. The minimum atomic E-state index is -2.37. The first-order valence-corrected chi connectivity index (χ1v) is 3.07. The highest BCUT2D eigenvalue weighted by Gasteiger charge is 2.15. The van der Waals surface area contributed by atoms with Crippen LogP contribution in [-0.4, -0.2) is 12.5 Å². The highest BCUT2D eigenvalue weighted by atomic mass is 19.3. The first-order valence-electron chi connectivity index (χ1n) is 3.07. The summed E-state index contributed by atoms with van der Waals surface area (Å²) in [6.07, 6.45) is -1.97. The molecule has 0 aliphatic carbocycles. The molecule has 0 spiro atoms. The molecule has 0 radical (unpaired) electrons. The largest absolute Gasteiger partial charge is 0.323 e. The van der Waals surface area contributed by atoms with Gasteiger partial charge in [0.25, 0.3) is 6.43 Å². The predicted molar refractivity (Wildman–Crippen MR) is 33.4 cm³/mol. The van der Waals surface area contributed by atoms with E-state index in [0.29, 0.717) is 6.42 Å². The Hall–Kier alpha value is -0.180. The maximum Gasteiger partial charge on any atom is 0.253 e. The lowest BCUT2D eigenvalue weighted by Gasteiger charge is -2.11. The first kappa shape index (κ1) is 8.82. The Bertz CT molecular complexity index is 73.5. The van der Waals surface area contributed by atoms with Crippen LogP contribution in [0.1, 0.15) is 20.3 Å². The molecular formula is C6H13F2N. The van der Waals surface area contributed by atoms with E-state index in [0.717, 1.165) is 0 Å². The zero-order valence-electron chi connectivity index (χ0n) is 5.77. The summed E-state index contributed by atoms with van der Waals surface area (Å²) in [6.45, 7) is 3.75. The molecule has 0 saturated heterocycles. The van der Waals surface area contributed by atoms with E-state index in [1.54, 1.807) is 0 Å². The van der Waals surface area contributed by atoms with Gasteiger partial charge in [-0.15, -0.1) is 0 Å². The van der Waals surface area contributed by atoms with Gasteiger partial charge in [0, 0.05) is 0 Å². The lowest BCUT2D eigenvalue weighted by molar-refractivity contribution is 0.106. The molecule has 0 aliphatic heterocycles. The summed E-state index contributed by atoms with van der Waals surface area (Å²) < 4.78 is 23.3. The zero-order valence-corrected chi connectivity index (χ0v) is 5.77. The van der Waals surface area contributed by atoms with Gasteiger partial charge in [0.05, 0.1) is 6.04 Å². The number of halogens is 2. The van der Waals surface area contributed by atoms with Crippen molar-refractivity contribution in [3.8, 4) is 0 Å². The van der Waals surface area contributed by atoms with Crippen LogP contribution in [0.5, 0.6) is 0 Å². The molecule has 0 aromatic heterocycles. The molecule has 0 rings (SSSR count). The molecule has 3 heteroatoms. The second kappa shape index (κ2) is 3.77. The Labute approximate surface area is 54.2 Å². The molecule has 56 valence electrons. The van der Waals surface area contributed by atoms with Gasteiger partial charge in [0.2, 0.25) is 0 Å². The van der Waals surface area contributed by atoms with Crippen LogP contribution in [0.3, 0.4) is 0 Å². The van der Waals surface area contributed by atoms with Crippen LogP contribution >= 0.6 is 0 Å². The summed E-state index contributed by atoms with van der Waals surface area (Å²) in [5.74, 6) is 0.258. The highest BCUT2D eigenvalue weighted by Crippen LogP contribution is 2.08. The summed E-state index contributed by atoms with van der Waals surface area (Å²) in [6, 6.07) is -0.940.